The first kappa shape index (κ1) is 43.0. The van der Waals surface area contributed by atoms with Crippen LogP contribution in [0, 0.1) is 0 Å². The lowest BCUT2D eigenvalue weighted by atomic mass is 10.1. The number of aromatic amines is 1. The number of fused-ring (bicyclic) bond motifs is 1. The first-order valence-electron chi connectivity index (χ1n) is 17.7. The molecule has 3 heterocycles. The average molecular weight is 797 g/mol. The molecule has 1 aliphatic rings. The minimum atomic E-state index is -1.59. The van der Waals surface area contributed by atoms with E-state index in [0.717, 1.165) is 0 Å². The van der Waals surface area contributed by atoms with Gasteiger partial charge in [-0.2, -0.15) is 4.98 Å². The Kier molecular flexibility index (Phi) is 15.3. The molecular weight excluding hydrogens is 752 g/mol. The van der Waals surface area contributed by atoms with E-state index in [-0.39, 0.29) is 48.7 Å². The van der Waals surface area contributed by atoms with Gasteiger partial charge in [-0.15, -0.1) is 0 Å². The van der Waals surface area contributed by atoms with Crippen molar-refractivity contribution in [2.24, 2.45) is 0 Å². The third-order valence-electron chi connectivity index (χ3n) is 8.72. The summed E-state index contributed by atoms with van der Waals surface area (Å²) < 4.78 is 0. The number of nitrogens with zero attached hydrogens (tertiary/aromatic N) is 5. The molecule has 1 aliphatic heterocycles. The molecule has 1 fully saturated rings. The molecule has 0 unspecified atom stereocenters. The summed E-state index contributed by atoms with van der Waals surface area (Å²) in [5.41, 5.74) is 6.19. The van der Waals surface area contributed by atoms with Gasteiger partial charge in [0.1, 0.15) is 18.1 Å². The van der Waals surface area contributed by atoms with Gasteiger partial charge in [0.25, 0.3) is 11.5 Å². The van der Waals surface area contributed by atoms with Crippen molar-refractivity contribution in [2.75, 3.05) is 56.9 Å². The number of aliphatic carboxylic acids is 3. The molecule has 1 saturated heterocycles. The van der Waals surface area contributed by atoms with Crippen LogP contribution >= 0.6 is 0 Å². The maximum atomic E-state index is 12.8. The molecule has 0 bridgehead atoms. The number of hydrogen-bond acceptors (Lipinski definition) is 15. The van der Waals surface area contributed by atoms with Crippen molar-refractivity contribution in [1.82, 2.24) is 51.0 Å². The lowest BCUT2D eigenvalue weighted by molar-refractivity contribution is -0.144. The predicted octanol–water partition coefficient (Wildman–Crippen LogP) is -2.85. The maximum Gasteiger partial charge on any atom is 0.326 e. The van der Waals surface area contributed by atoms with Gasteiger partial charge in [-0.05, 0) is 37.6 Å². The summed E-state index contributed by atoms with van der Waals surface area (Å²) in [5.74, 6) is -6.72. The molecule has 306 valence electrons. The molecule has 0 saturated carbocycles. The zero-order valence-electron chi connectivity index (χ0n) is 30.8. The van der Waals surface area contributed by atoms with Crippen LogP contribution in [0.4, 0.5) is 11.6 Å². The fraction of sp³-hybridized carbons (Fsp3) is 0.441. The summed E-state index contributed by atoms with van der Waals surface area (Å²) in [5, 5.41) is 40.8. The number of benzene rings is 1. The molecule has 1 aromatic carbocycles. The number of nitrogens with one attached hydrogen (secondary N) is 6. The van der Waals surface area contributed by atoms with E-state index in [1.807, 2.05) is 9.80 Å². The van der Waals surface area contributed by atoms with Gasteiger partial charge in [-0.25, -0.2) is 19.6 Å². The number of amides is 4. The fourth-order valence-corrected chi connectivity index (χ4v) is 5.56. The molecule has 3 aromatic rings. The van der Waals surface area contributed by atoms with Crippen molar-refractivity contribution in [3.63, 3.8) is 0 Å². The number of piperazine rings is 1. The Balaban J connectivity index is 1.16. The quantitative estimate of drug-likeness (QED) is 0.0550. The molecule has 4 amide bonds. The van der Waals surface area contributed by atoms with Crippen LogP contribution in [-0.4, -0.2) is 151 Å². The zero-order chi connectivity index (χ0) is 41.6. The topological polar surface area (TPSA) is 344 Å². The van der Waals surface area contributed by atoms with E-state index in [4.69, 9.17) is 10.8 Å². The van der Waals surface area contributed by atoms with E-state index in [0.29, 0.717) is 44.1 Å². The summed E-state index contributed by atoms with van der Waals surface area (Å²) >= 11 is 0. The van der Waals surface area contributed by atoms with Crippen LogP contribution in [0.3, 0.4) is 0 Å². The Morgan fingerprint density at radius 3 is 2.16 bits per heavy atom. The van der Waals surface area contributed by atoms with Gasteiger partial charge in [0.05, 0.1) is 31.4 Å². The van der Waals surface area contributed by atoms with E-state index in [2.05, 4.69) is 46.5 Å². The number of hydrogen-bond donors (Lipinski definition) is 10. The fourth-order valence-electron chi connectivity index (χ4n) is 5.56. The number of anilines is 2. The molecule has 11 N–H and O–H groups in total. The lowest BCUT2D eigenvalue weighted by Gasteiger charge is -2.34. The number of nitrogen functional groups attached to an aromatic ring is 1. The van der Waals surface area contributed by atoms with Gasteiger partial charge >= 0.3 is 17.9 Å². The van der Waals surface area contributed by atoms with E-state index in [9.17, 15) is 48.6 Å². The summed E-state index contributed by atoms with van der Waals surface area (Å²) in [6.07, 6.45) is 0.00309. The van der Waals surface area contributed by atoms with Crippen LogP contribution in [0.2, 0.25) is 0 Å². The highest BCUT2D eigenvalue weighted by molar-refractivity contribution is 5.97. The van der Waals surface area contributed by atoms with E-state index in [1.165, 1.54) is 25.3 Å². The van der Waals surface area contributed by atoms with Crippen LogP contribution in [0.1, 0.15) is 42.2 Å². The minimum absolute atomic E-state index is 0.0142. The number of carbonyl (C=O) groups is 7. The number of H-pyrrole nitrogens is 1. The third-order valence-corrected chi connectivity index (χ3v) is 8.72. The van der Waals surface area contributed by atoms with Crippen LogP contribution in [-0.2, 0) is 35.3 Å². The lowest BCUT2D eigenvalue weighted by Crippen LogP contribution is -2.52. The highest BCUT2D eigenvalue weighted by atomic mass is 16.4. The SMILES string of the molecule is C[C@H](NC(=O)CN1CCN(CCNC(=O)C[C@H](NC(=O)CC[C@H](NC(=O)c2ccc(NCc3cnc4nc(N)[nH]c(=O)c4n3)cc2)C(=O)O)C(=O)O)CC1)C(=O)O. The van der Waals surface area contributed by atoms with E-state index in [1.54, 1.807) is 12.1 Å². The van der Waals surface area contributed by atoms with Crippen LogP contribution < -0.4 is 37.9 Å². The molecule has 3 atom stereocenters. The van der Waals surface area contributed by atoms with Crippen LogP contribution in [0.25, 0.3) is 11.2 Å². The summed E-state index contributed by atoms with van der Waals surface area (Å²) in [7, 11) is 0. The first-order chi connectivity index (χ1) is 27.1. The summed E-state index contributed by atoms with van der Waals surface area (Å²) in [6.45, 7) is 4.47. The van der Waals surface area contributed by atoms with E-state index < -0.39 is 78.1 Å². The van der Waals surface area contributed by atoms with Gasteiger partial charge in [0.15, 0.2) is 11.2 Å². The predicted molar refractivity (Wildman–Crippen MR) is 200 cm³/mol. The Bertz CT molecular complexity index is 2020. The number of nitrogens with two attached hydrogens (primary N) is 1. The Hall–Kier alpha value is -6.75. The number of carboxylic acids is 3. The van der Waals surface area contributed by atoms with Gasteiger partial charge in [-0.1, -0.05) is 0 Å². The largest absolute Gasteiger partial charge is 0.480 e. The normalized spacial score (nSPS) is 14.8. The first-order valence-corrected chi connectivity index (χ1v) is 17.7. The molecule has 23 heteroatoms. The van der Waals surface area contributed by atoms with Gasteiger partial charge in [0.2, 0.25) is 23.7 Å². The highest BCUT2D eigenvalue weighted by Crippen LogP contribution is 2.13. The second-order valence-corrected chi connectivity index (χ2v) is 13.1. The monoisotopic (exact) mass is 796 g/mol. The Labute approximate surface area is 323 Å². The highest BCUT2D eigenvalue weighted by Gasteiger charge is 2.27. The van der Waals surface area contributed by atoms with Gasteiger partial charge in [-0.3, -0.25) is 43.6 Å². The zero-order valence-corrected chi connectivity index (χ0v) is 30.8. The molecule has 23 nitrogen and oxygen atoms in total. The Morgan fingerprint density at radius 2 is 1.51 bits per heavy atom. The summed E-state index contributed by atoms with van der Waals surface area (Å²) in [4.78, 5) is 115. The molecule has 0 aliphatic carbocycles. The number of carbonyl (C=O) groups excluding carboxylic acids is 4. The number of carboxylic acid groups (broad SMARTS) is 3. The number of aromatic nitrogens is 4. The third kappa shape index (κ3) is 13.5. The molecule has 0 radical (unpaired) electrons. The standard InChI is InChI=1S/C34H44N12O11/c1-18(31(52)53)39-26(49)17-46-12-10-45(11-13-46)9-8-36-25(48)14-23(33(56)57)41-24(47)7-6-22(32(54)55)42-29(50)19-2-4-20(5-3-19)37-15-21-16-38-28-27(40-21)30(51)44-34(35)43-28/h2-5,16,18,22-23,37H,6-15,17H2,1H3,(H,36,48)(H,39,49)(H,41,47)(H,42,50)(H,52,53)(H,54,55)(H,56,57)(H3,35,38,43,44,51)/t18-,22-,23-/m0/s1. The average Bonchev–Trinajstić information content (AvgIpc) is 3.16. The maximum absolute atomic E-state index is 12.8. The smallest absolute Gasteiger partial charge is 0.326 e. The summed E-state index contributed by atoms with van der Waals surface area (Å²) in [6, 6.07) is 1.91. The van der Waals surface area contributed by atoms with Gasteiger partial charge in [0, 0.05) is 56.9 Å². The van der Waals surface area contributed by atoms with Crippen molar-refractivity contribution >= 4 is 64.3 Å². The van der Waals surface area contributed by atoms with Crippen molar-refractivity contribution in [2.45, 2.75) is 50.9 Å². The van der Waals surface area contributed by atoms with Crippen molar-refractivity contribution in [1.29, 1.82) is 0 Å². The van der Waals surface area contributed by atoms with Crippen molar-refractivity contribution in [3.05, 3.63) is 52.1 Å². The molecule has 2 aromatic heterocycles. The molecular formula is C34H44N12O11. The van der Waals surface area contributed by atoms with Crippen molar-refractivity contribution in [3.8, 4) is 0 Å². The van der Waals surface area contributed by atoms with Crippen LogP contribution in [0.15, 0.2) is 35.3 Å². The van der Waals surface area contributed by atoms with E-state index >= 15 is 0 Å². The van der Waals surface area contributed by atoms with Crippen LogP contribution in [0.5, 0.6) is 0 Å². The number of rotatable bonds is 20. The van der Waals surface area contributed by atoms with Crippen molar-refractivity contribution < 1.29 is 48.9 Å². The second kappa shape index (κ2) is 20.2. The molecule has 57 heavy (non-hydrogen) atoms. The Morgan fingerprint density at radius 1 is 0.842 bits per heavy atom. The minimum Gasteiger partial charge on any atom is -0.480 e. The second-order valence-electron chi connectivity index (χ2n) is 13.1. The molecule has 4 rings (SSSR count). The molecule has 0 spiro atoms. The van der Waals surface area contributed by atoms with Gasteiger partial charge < -0.3 is 47.6 Å².